The van der Waals surface area contributed by atoms with Gasteiger partial charge < -0.3 is 9.30 Å². The number of pyridine rings is 1. The Morgan fingerprint density at radius 2 is 1.74 bits per heavy atom. The van der Waals surface area contributed by atoms with Gasteiger partial charge in [-0.1, -0.05) is 54.1 Å². The standard InChI is InChI=1S/C30H27ClN6O/c1-21-19-36(20-32-21)26-15-13-25(33-28(26)38-2)14-16-27-34-29-30(17-6-18-37(29)35-27,22-7-4-3-5-8-22)23-9-11-24(31)12-10-23/h3-5,7-16,19-20H,6,17-18H2,1-2H3/b16-14+. The van der Waals surface area contributed by atoms with Crippen LogP contribution in [0.2, 0.25) is 5.02 Å². The van der Waals surface area contributed by atoms with E-state index in [1.807, 2.05) is 64.9 Å². The molecule has 8 heteroatoms. The van der Waals surface area contributed by atoms with E-state index in [1.165, 1.54) is 5.56 Å². The molecule has 1 aliphatic rings. The molecule has 0 saturated heterocycles. The van der Waals surface area contributed by atoms with Crippen LogP contribution in [0.1, 0.15) is 47.0 Å². The molecule has 1 aliphatic heterocycles. The van der Waals surface area contributed by atoms with Gasteiger partial charge in [0.05, 0.1) is 30.2 Å². The third-order valence-corrected chi connectivity index (χ3v) is 7.30. The van der Waals surface area contributed by atoms with Crippen LogP contribution in [-0.4, -0.2) is 36.4 Å². The number of aromatic nitrogens is 6. The molecule has 6 rings (SSSR count). The fraction of sp³-hybridized carbons (Fsp3) is 0.200. The molecule has 7 nitrogen and oxygen atoms in total. The summed E-state index contributed by atoms with van der Waals surface area (Å²) in [4.78, 5) is 14.0. The van der Waals surface area contributed by atoms with Gasteiger partial charge in [-0.15, -0.1) is 0 Å². The first kappa shape index (κ1) is 24.1. The summed E-state index contributed by atoms with van der Waals surface area (Å²) in [5, 5.41) is 5.58. The predicted molar refractivity (Wildman–Crippen MR) is 149 cm³/mol. The van der Waals surface area contributed by atoms with Crippen molar-refractivity contribution in [3.63, 3.8) is 0 Å². The van der Waals surface area contributed by atoms with Crippen molar-refractivity contribution in [3.05, 3.63) is 118 Å². The van der Waals surface area contributed by atoms with Crippen molar-refractivity contribution in [1.82, 2.24) is 29.3 Å². The van der Waals surface area contributed by atoms with Crippen LogP contribution in [0.3, 0.4) is 0 Å². The zero-order valence-electron chi connectivity index (χ0n) is 21.3. The lowest BCUT2D eigenvalue weighted by molar-refractivity contribution is 0.378. The number of halogens is 1. The first-order valence-electron chi connectivity index (χ1n) is 12.6. The summed E-state index contributed by atoms with van der Waals surface area (Å²) < 4.78 is 9.51. The molecule has 0 radical (unpaired) electrons. The lowest BCUT2D eigenvalue weighted by atomic mass is 9.69. The number of nitrogens with zero attached hydrogens (tertiary/aromatic N) is 6. The lowest BCUT2D eigenvalue weighted by Crippen LogP contribution is -2.37. The molecule has 0 N–H and O–H groups in total. The van der Waals surface area contributed by atoms with E-state index in [0.717, 1.165) is 52.9 Å². The monoisotopic (exact) mass is 522 g/mol. The van der Waals surface area contributed by atoms with Crippen LogP contribution in [0.15, 0.2) is 79.3 Å². The van der Waals surface area contributed by atoms with Crippen molar-refractivity contribution in [2.24, 2.45) is 0 Å². The van der Waals surface area contributed by atoms with Crippen LogP contribution < -0.4 is 4.74 Å². The van der Waals surface area contributed by atoms with Gasteiger partial charge in [-0.2, -0.15) is 5.10 Å². The van der Waals surface area contributed by atoms with Gasteiger partial charge in [0.15, 0.2) is 5.82 Å². The first-order valence-corrected chi connectivity index (χ1v) is 13.0. The van der Waals surface area contributed by atoms with E-state index in [1.54, 1.807) is 13.4 Å². The van der Waals surface area contributed by atoms with Gasteiger partial charge >= 0.3 is 0 Å². The van der Waals surface area contributed by atoms with Crippen LogP contribution in [-0.2, 0) is 12.0 Å². The minimum absolute atomic E-state index is 0.408. The fourth-order valence-electron chi connectivity index (χ4n) is 5.28. The summed E-state index contributed by atoms with van der Waals surface area (Å²) >= 11 is 6.25. The van der Waals surface area contributed by atoms with E-state index in [-0.39, 0.29) is 0 Å². The summed E-state index contributed by atoms with van der Waals surface area (Å²) in [7, 11) is 1.62. The Kier molecular flexibility index (Phi) is 6.29. The first-order chi connectivity index (χ1) is 18.6. The van der Waals surface area contributed by atoms with Crippen molar-refractivity contribution in [2.45, 2.75) is 31.7 Å². The highest BCUT2D eigenvalue weighted by atomic mass is 35.5. The van der Waals surface area contributed by atoms with Crippen LogP contribution in [0, 0.1) is 6.92 Å². The molecule has 0 fully saturated rings. The van der Waals surface area contributed by atoms with E-state index in [4.69, 9.17) is 26.4 Å². The molecule has 2 aromatic carbocycles. The second-order valence-electron chi connectivity index (χ2n) is 9.42. The number of hydrogen-bond donors (Lipinski definition) is 0. The molecule has 3 aromatic heterocycles. The van der Waals surface area contributed by atoms with Crippen molar-refractivity contribution < 1.29 is 4.74 Å². The summed E-state index contributed by atoms with van der Waals surface area (Å²) in [5.41, 5.74) is 4.46. The van der Waals surface area contributed by atoms with E-state index < -0.39 is 5.41 Å². The molecule has 0 spiro atoms. The fourth-order valence-corrected chi connectivity index (χ4v) is 5.40. The molecule has 0 amide bonds. The van der Waals surface area contributed by atoms with E-state index >= 15 is 0 Å². The van der Waals surface area contributed by atoms with Gasteiger partial charge in [0.1, 0.15) is 11.5 Å². The number of aryl methyl sites for hydroxylation is 2. The van der Waals surface area contributed by atoms with E-state index in [2.05, 4.69) is 46.4 Å². The topological polar surface area (TPSA) is 70.7 Å². The molecule has 190 valence electrons. The van der Waals surface area contributed by atoms with Gasteiger partial charge in [0.25, 0.3) is 0 Å². The van der Waals surface area contributed by atoms with Gasteiger partial charge in [-0.25, -0.2) is 19.6 Å². The Morgan fingerprint density at radius 3 is 2.47 bits per heavy atom. The number of ether oxygens (including phenoxy) is 1. The Labute approximate surface area is 226 Å². The number of imidazole rings is 1. The molecule has 1 atom stereocenters. The lowest BCUT2D eigenvalue weighted by Gasteiger charge is -2.37. The van der Waals surface area contributed by atoms with Crippen molar-refractivity contribution in [2.75, 3.05) is 7.11 Å². The van der Waals surface area contributed by atoms with E-state index in [9.17, 15) is 0 Å². The third-order valence-electron chi connectivity index (χ3n) is 7.04. The predicted octanol–water partition coefficient (Wildman–Crippen LogP) is 6.13. The average Bonchev–Trinajstić information content (AvgIpc) is 3.58. The summed E-state index contributed by atoms with van der Waals surface area (Å²) in [6.45, 7) is 2.77. The van der Waals surface area contributed by atoms with Crippen molar-refractivity contribution >= 4 is 23.8 Å². The SMILES string of the molecule is COc1nc(/C=C/c2nc3n(n2)CCCC3(c2ccccc2)c2ccc(Cl)cc2)ccc1-n1cnc(C)c1. The van der Waals surface area contributed by atoms with Crippen LogP contribution in [0.25, 0.3) is 17.8 Å². The van der Waals surface area contributed by atoms with E-state index in [0.29, 0.717) is 11.7 Å². The van der Waals surface area contributed by atoms with Gasteiger partial charge in [0.2, 0.25) is 5.88 Å². The molecule has 5 aromatic rings. The summed E-state index contributed by atoms with van der Waals surface area (Å²) in [6.07, 6.45) is 9.45. The maximum absolute atomic E-state index is 6.25. The Bertz CT molecular complexity index is 1610. The highest BCUT2D eigenvalue weighted by Gasteiger charge is 2.43. The average molecular weight is 523 g/mol. The highest BCUT2D eigenvalue weighted by molar-refractivity contribution is 6.30. The number of hydrogen-bond acceptors (Lipinski definition) is 5. The number of benzene rings is 2. The Balaban J connectivity index is 1.38. The molecule has 0 bridgehead atoms. The smallest absolute Gasteiger partial charge is 0.238 e. The van der Waals surface area contributed by atoms with Crippen LogP contribution in [0.4, 0.5) is 0 Å². The molecule has 1 unspecified atom stereocenters. The second kappa shape index (κ2) is 9.91. The summed E-state index contributed by atoms with van der Waals surface area (Å²) in [6, 6.07) is 22.6. The molecular weight excluding hydrogens is 496 g/mol. The molecule has 0 saturated carbocycles. The minimum Gasteiger partial charge on any atom is -0.479 e. The van der Waals surface area contributed by atoms with Crippen LogP contribution >= 0.6 is 11.6 Å². The highest BCUT2D eigenvalue weighted by Crippen LogP contribution is 2.45. The Hall–Kier alpha value is -4.23. The van der Waals surface area contributed by atoms with Gasteiger partial charge in [-0.3, -0.25) is 0 Å². The minimum atomic E-state index is -0.408. The van der Waals surface area contributed by atoms with Crippen LogP contribution in [0.5, 0.6) is 5.88 Å². The quantitative estimate of drug-likeness (QED) is 0.268. The normalized spacial score (nSPS) is 17.0. The second-order valence-corrected chi connectivity index (χ2v) is 9.86. The third kappa shape index (κ3) is 4.29. The number of fused-ring (bicyclic) bond motifs is 1. The molecule has 4 heterocycles. The number of rotatable bonds is 6. The molecule has 38 heavy (non-hydrogen) atoms. The number of methoxy groups -OCH3 is 1. The van der Waals surface area contributed by atoms with Crippen molar-refractivity contribution in [1.29, 1.82) is 0 Å². The van der Waals surface area contributed by atoms with Gasteiger partial charge in [0, 0.05) is 17.8 Å². The molecular formula is C30H27ClN6O. The van der Waals surface area contributed by atoms with Gasteiger partial charge in [-0.05, 0) is 67.3 Å². The zero-order chi connectivity index (χ0) is 26.1. The zero-order valence-corrected chi connectivity index (χ0v) is 22.0. The maximum Gasteiger partial charge on any atom is 0.238 e. The Morgan fingerprint density at radius 1 is 0.947 bits per heavy atom. The maximum atomic E-state index is 6.25. The summed E-state index contributed by atoms with van der Waals surface area (Å²) in [5.74, 6) is 2.10. The molecule has 0 aliphatic carbocycles. The largest absolute Gasteiger partial charge is 0.479 e. The van der Waals surface area contributed by atoms with Crippen molar-refractivity contribution in [3.8, 4) is 11.6 Å².